The molecule has 1 saturated heterocycles. The molecule has 0 radical (unpaired) electrons. The van der Waals surface area contributed by atoms with Gasteiger partial charge in [-0.15, -0.1) is 0 Å². The summed E-state index contributed by atoms with van der Waals surface area (Å²) in [6.07, 6.45) is 5.72. The fraction of sp³-hybridized carbons (Fsp3) is 0.692. The summed E-state index contributed by atoms with van der Waals surface area (Å²) in [5.74, 6) is 1.93. The van der Waals surface area contributed by atoms with E-state index in [1.54, 1.807) is 0 Å². The van der Waals surface area contributed by atoms with Crippen molar-refractivity contribution in [3.05, 3.63) is 23.7 Å². The van der Waals surface area contributed by atoms with E-state index < -0.39 is 0 Å². The van der Waals surface area contributed by atoms with Crippen molar-refractivity contribution in [3.63, 3.8) is 0 Å². The molecule has 2 N–H and O–H groups in total. The summed E-state index contributed by atoms with van der Waals surface area (Å²) >= 11 is 0. The minimum absolute atomic E-state index is 0.0181. The highest BCUT2D eigenvalue weighted by atomic mass is 16.5. The molecule has 0 aliphatic carbocycles. The molecule has 0 bridgehead atoms. The first kappa shape index (κ1) is 11.7. The van der Waals surface area contributed by atoms with Gasteiger partial charge in [0.05, 0.1) is 12.1 Å². The standard InChI is InChI=1S/C13H21NO2/c1-2-10-6-8-13(16-10)12(14)7-5-11-4-3-9-15-11/h6,8,11-12H,2-5,7,9,14H2,1H3. The molecule has 3 nitrogen and oxygen atoms in total. The van der Waals surface area contributed by atoms with Crippen molar-refractivity contribution >= 4 is 0 Å². The molecule has 2 atom stereocenters. The fourth-order valence-electron chi connectivity index (χ4n) is 2.16. The van der Waals surface area contributed by atoms with Crippen LogP contribution >= 0.6 is 0 Å². The van der Waals surface area contributed by atoms with Gasteiger partial charge in [0.15, 0.2) is 0 Å². The third-order valence-electron chi connectivity index (χ3n) is 3.22. The highest BCUT2D eigenvalue weighted by Gasteiger charge is 2.18. The quantitative estimate of drug-likeness (QED) is 0.835. The molecule has 2 unspecified atom stereocenters. The predicted octanol–water partition coefficient (Wildman–Crippen LogP) is 2.80. The molecule has 3 heteroatoms. The van der Waals surface area contributed by atoms with E-state index in [-0.39, 0.29) is 6.04 Å². The summed E-state index contributed by atoms with van der Waals surface area (Å²) in [6.45, 7) is 3.00. The molecule has 0 amide bonds. The number of hydrogen-bond donors (Lipinski definition) is 1. The molecule has 0 spiro atoms. The molecular weight excluding hydrogens is 202 g/mol. The number of hydrogen-bond acceptors (Lipinski definition) is 3. The second-order valence-corrected chi connectivity index (χ2v) is 4.48. The van der Waals surface area contributed by atoms with Gasteiger partial charge in [-0.3, -0.25) is 0 Å². The number of furan rings is 1. The number of aryl methyl sites for hydroxylation is 1. The summed E-state index contributed by atoms with van der Waals surface area (Å²) in [7, 11) is 0. The molecule has 2 heterocycles. The molecule has 16 heavy (non-hydrogen) atoms. The van der Waals surface area contributed by atoms with Gasteiger partial charge in [-0.2, -0.15) is 0 Å². The van der Waals surface area contributed by atoms with Crippen LogP contribution in [0.3, 0.4) is 0 Å². The van der Waals surface area contributed by atoms with Gasteiger partial charge in [0.1, 0.15) is 11.5 Å². The lowest BCUT2D eigenvalue weighted by Crippen LogP contribution is -2.13. The van der Waals surface area contributed by atoms with E-state index in [1.165, 1.54) is 12.8 Å². The van der Waals surface area contributed by atoms with Gasteiger partial charge < -0.3 is 14.9 Å². The van der Waals surface area contributed by atoms with Gasteiger partial charge in [-0.25, -0.2) is 0 Å². The Balaban J connectivity index is 1.80. The summed E-state index contributed by atoms with van der Waals surface area (Å²) in [5, 5.41) is 0. The highest BCUT2D eigenvalue weighted by Crippen LogP contribution is 2.23. The normalized spacial score (nSPS) is 22.5. The molecule has 2 rings (SSSR count). The number of nitrogens with two attached hydrogens (primary N) is 1. The monoisotopic (exact) mass is 223 g/mol. The third-order valence-corrected chi connectivity index (χ3v) is 3.22. The van der Waals surface area contributed by atoms with E-state index in [1.807, 2.05) is 12.1 Å². The second-order valence-electron chi connectivity index (χ2n) is 4.48. The molecule has 1 fully saturated rings. The average Bonchev–Trinajstić information content (AvgIpc) is 2.96. The average molecular weight is 223 g/mol. The highest BCUT2D eigenvalue weighted by molar-refractivity contribution is 5.10. The van der Waals surface area contributed by atoms with Crippen LogP contribution in [0.4, 0.5) is 0 Å². The molecule has 0 saturated carbocycles. The van der Waals surface area contributed by atoms with Crippen LogP contribution in [0.1, 0.15) is 50.2 Å². The molecule has 0 aromatic carbocycles. The predicted molar refractivity (Wildman–Crippen MR) is 63.2 cm³/mol. The van der Waals surface area contributed by atoms with Gasteiger partial charge in [0, 0.05) is 13.0 Å². The van der Waals surface area contributed by atoms with E-state index >= 15 is 0 Å². The summed E-state index contributed by atoms with van der Waals surface area (Å²) in [6, 6.07) is 4.03. The summed E-state index contributed by atoms with van der Waals surface area (Å²) in [5.41, 5.74) is 6.09. The maximum atomic E-state index is 6.09. The summed E-state index contributed by atoms with van der Waals surface area (Å²) < 4.78 is 11.2. The third kappa shape index (κ3) is 2.86. The lowest BCUT2D eigenvalue weighted by atomic mass is 10.1. The van der Waals surface area contributed by atoms with Crippen LogP contribution in [0.15, 0.2) is 16.5 Å². The maximum absolute atomic E-state index is 6.09. The Morgan fingerprint density at radius 2 is 2.38 bits per heavy atom. The van der Waals surface area contributed by atoms with E-state index in [9.17, 15) is 0 Å². The van der Waals surface area contributed by atoms with Gasteiger partial charge >= 0.3 is 0 Å². The van der Waals surface area contributed by atoms with Gasteiger partial charge in [0.25, 0.3) is 0 Å². The maximum Gasteiger partial charge on any atom is 0.120 e. The lowest BCUT2D eigenvalue weighted by Gasteiger charge is -2.12. The van der Waals surface area contributed by atoms with Crippen molar-refractivity contribution in [2.45, 2.75) is 51.2 Å². The fourth-order valence-corrected chi connectivity index (χ4v) is 2.16. The van der Waals surface area contributed by atoms with Crippen LogP contribution in [-0.2, 0) is 11.2 Å². The Morgan fingerprint density at radius 3 is 3.00 bits per heavy atom. The van der Waals surface area contributed by atoms with Crippen LogP contribution in [0.5, 0.6) is 0 Å². The molecule has 1 aromatic heterocycles. The molecule has 90 valence electrons. The number of rotatable bonds is 5. The van der Waals surface area contributed by atoms with Crippen molar-refractivity contribution in [3.8, 4) is 0 Å². The number of ether oxygens (including phenoxy) is 1. The van der Waals surface area contributed by atoms with Crippen molar-refractivity contribution in [2.75, 3.05) is 6.61 Å². The van der Waals surface area contributed by atoms with Crippen molar-refractivity contribution in [1.29, 1.82) is 0 Å². The zero-order chi connectivity index (χ0) is 11.4. The van der Waals surface area contributed by atoms with E-state index in [0.717, 1.165) is 37.4 Å². The first-order chi connectivity index (χ1) is 7.79. The van der Waals surface area contributed by atoms with Crippen molar-refractivity contribution < 1.29 is 9.15 Å². The van der Waals surface area contributed by atoms with Crippen LogP contribution in [0, 0.1) is 0 Å². The zero-order valence-corrected chi connectivity index (χ0v) is 9.95. The first-order valence-corrected chi connectivity index (χ1v) is 6.25. The van der Waals surface area contributed by atoms with Crippen LogP contribution in [0.25, 0.3) is 0 Å². The zero-order valence-electron chi connectivity index (χ0n) is 9.95. The molecular formula is C13H21NO2. The van der Waals surface area contributed by atoms with Crippen molar-refractivity contribution in [2.24, 2.45) is 5.73 Å². The van der Waals surface area contributed by atoms with Gasteiger partial charge in [0.2, 0.25) is 0 Å². The molecule has 1 aromatic rings. The van der Waals surface area contributed by atoms with Crippen LogP contribution in [-0.4, -0.2) is 12.7 Å². The molecule has 1 aliphatic heterocycles. The van der Waals surface area contributed by atoms with E-state index in [0.29, 0.717) is 6.10 Å². The topological polar surface area (TPSA) is 48.4 Å². The van der Waals surface area contributed by atoms with E-state index in [2.05, 4.69) is 6.92 Å². The van der Waals surface area contributed by atoms with Crippen LogP contribution in [0.2, 0.25) is 0 Å². The first-order valence-electron chi connectivity index (χ1n) is 6.25. The largest absolute Gasteiger partial charge is 0.464 e. The minimum atomic E-state index is 0.0181. The van der Waals surface area contributed by atoms with Gasteiger partial charge in [-0.1, -0.05) is 6.92 Å². The van der Waals surface area contributed by atoms with Crippen LogP contribution < -0.4 is 5.73 Å². The Bertz CT molecular complexity index is 315. The summed E-state index contributed by atoms with van der Waals surface area (Å²) in [4.78, 5) is 0. The molecule has 1 aliphatic rings. The Hall–Kier alpha value is -0.800. The van der Waals surface area contributed by atoms with E-state index in [4.69, 9.17) is 14.9 Å². The van der Waals surface area contributed by atoms with Gasteiger partial charge in [-0.05, 0) is 37.8 Å². The Morgan fingerprint density at radius 1 is 1.50 bits per heavy atom. The lowest BCUT2D eigenvalue weighted by molar-refractivity contribution is 0.100. The van der Waals surface area contributed by atoms with Crippen molar-refractivity contribution in [1.82, 2.24) is 0 Å². The minimum Gasteiger partial charge on any atom is -0.464 e. The smallest absolute Gasteiger partial charge is 0.120 e. The SMILES string of the molecule is CCc1ccc(C(N)CCC2CCCO2)o1. The second kappa shape index (κ2) is 5.51. The Kier molecular flexibility index (Phi) is 4.02. The Labute approximate surface area is 97.0 Å².